The fourth-order valence-corrected chi connectivity index (χ4v) is 4.02. The van der Waals surface area contributed by atoms with Crippen molar-refractivity contribution in [2.24, 2.45) is 0 Å². The Morgan fingerprint density at radius 1 is 0.706 bits per heavy atom. The molecular formula is C28H22ClN3O2. The van der Waals surface area contributed by atoms with Gasteiger partial charge < -0.3 is 9.47 Å². The van der Waals surface area contributed by atoms with Crippen LogP contribution in [0.5, 0.6) is 11.5 Å². The molecule has 6 heteroatoms. The van der Waals surface area contributed by atoms with E-state index in [0.29, 0.717) is 5.02 Å². The van der Waals surface area contributed by atoms with E-state index in [1.165, 1.54) is 0 Å². The molecule has 0 saturated carbocycles. The number of ether oxygens (including phenoxy) is 2. The van der Waals surface area contributed by atoms with Crippen molar-refractivity contribution in [1.29, 1.82) is 0 Å². The van der Waals surface area contributed by atoms with Gasteiger partial charge >= 0.3 is 0 Å². The first kappa shape index (κ1) is 21.7. The van der Waals surface area contributed by atoms with Crippen LogP contribution in [0.3, 0.4) is 0 Å². The lowest BCUT2D eigenvalue weighted by atomic mass is 10.0. The maximum Gasteiger partial charge on any atom is 0.164 e. The second kappa shape index (κ2) is 9.41. The van der Waals surface area contributed by atoms with Crippen LogP contribution in [-0.2, 0) is 0 Å². The van der Waals surface area contributed by atoms with Crippen molar-refractivity contribution in [2.45, 2.75) is 0 Å². The highest BCUT2D eigenvalue weighted by Crippen LogP contribution is 2.39. The van der Waals surface area contributed by atoms with E-state index in [9.17, 15) is 0 Å². The van der Waals surface area contributed by atoms with Gasteiger partial charge in [0.2, 0.25) is 0 Å². The molecule has 0 radical (unpaired) electrons. The van der Waals surface area contributed by atoms with Gasteiger partial charge in [0.25, 0.3) is 0 Å². The van der Waals surface area contributed by atoms with E-state index >= 15 is 0 Å². The molecular weight excluding hydrogens is 446 g/mol. The zero-order valence-corrected chi connectivity index (χ0v) is 19.5. The largest absolute Gasteiger partial charge is 0.497 e. The molecule has 0 N–H and O–H groups in total. The number of hydrogen-bond acceptors (Lipinski definition) is 4. The average molecular weight is 468 g/mol. The van der Waals surface area contributed by atoms with Crippen LogP contribution >= 0.6 is 11.6 Å². The Morgan fingerprint density at radius 2 is 1.32 bits per heavy atom. The molecule has 0 spiro atoms. The standard InChI is InChI=1S/C28H22ClN3O2/c1-33-23-14-6-19(7-15-23)26-27(20-8-16-24(34-2)17-9-20)32(22-12-10-21(29)11-13-22)28(31-26)25-5-3-4-18-30-25/h3-18H,1-2H3. The van der Waals surface area contributed by atoms with Crippen LogP contribution in [0.2, 0.25) is 5.02 Å². The number of pyridine rings is 1. The summed E-state index contributed by atoms with van der Waals surface area (Å²) in [6, 6.07) is 29.4. The van der Waals surface area contributed by atoms with E-state index in [1.807, 2.05) is 91.0 Å². The van der Waals surface area contributed by atoms with Gasteiger partial charge in [-0.25, -0.2) is 4.98 Å². The van der Waals surface area contributed by atoms with Gasteiger partial charge in [0.1, 0.15) is 17.2 Å². The topological polar surface area (TPSA) is 49.2 Å². The van der Waals surface area contributed by atoms with E-state index < -0.39 is 0 Å². The Hall–Kier alpha value is -4.09. The molecule has 0 amide bonds. The van der Waals surface area contributed by atoms with Crippen LogP contribution in [0.4, 0.5) is 0 Å². The molecule has 0 aliphatic rings. The summed E-state index contributed by atoms with van der Waals surface area (Å²) < 4.78 is 12.9. The highest BCUT2D eigenvalue weighted by atomic mass is 35.5. The number of imidazole rings is 1. The summed E-state index contributed by atoms with van der Waals surface area (Å²) in [7, 11) is 3.32. The molecule has 0 fully saturated rings. The fraction of sp³-hybridized carbons (Fsp3) is 0.0714. The quantitative estimate of drug-likeness (QED) is 0.271. The van der Waals surface area contributed by atoms with E-state index in [0.717, 1.165) is 51.2 Å². The first-order chi connectivity index (χ1) is 16.7. The van der Waals surface area contributed by atoms with Crippen molar-refractivity contribution in [2.75, 3.05) is 14.2 Å². The van der Waals surface area contributed by atoms with Gasteiger partial charge in [0.05, 0.1) is 25.6 Å². The summed E-state index contributed by atoms with van der Waals surface area (Å²) in [6.45, 7) is 0. The second-order valence-corrected chi connectivity index (χ2v) is 8.05. The Morgan fingerprint density at radius 3 is 1.88 bits per heavy atom. The van der Waals surface area contributed by atoms with Crippen LogP contribution < -0.4 is 9.47 Å². The summed E-state index contributed by atoms with van der Waals surface area (Å²) in [6.07, 6.45) is 1.77. The zero-order valence-electron chi connectivity index (χ0n) is 18.8. The van der Waals surface area contributed by atoms with Crippen LogP contribution in [0, 0.1) is 0 Å². The molecule has 168 valence electrons. The molecule has 0 saturated heterocycles. The van der Waals surface area contributed by atoms with Crippen molar-refractivity contribution in [3.63, 3.8) is 0 Å². The monoisotopic (exact) mass is 467 g/mol. The molecule has 0 aliphatic heterocycles. The molecule has 2 heterocycles. The smallest absolute Gasteiger partial charge is 0.164 e. The third-order valence-corrected chi connectivity index (χ3v) is 5.84. The maximum atomic E-state index is 6.21. The van der Waals surface area contributed by atoms with Crippen molar-refractivity contribution >= 4 is 11.6 Å². The van der Waals surface area contributed by atoms with Gasteiger partial charge in [-0.15, -0.1) is 0 Å². The molecule has 5 aromatic rings. The lowest BCUT2D eigenvalue weighted by Crippen LogP contribution is -2.01. The molecule has 0 aliphatic carbocycles. The minimum atomic E-state index is 0.671. The van der Waals surface area contributed by atoms with Gasteiger partial charge in [-0.3, -0.25) is 9.55 Å². The van der Waals surface area contributed by atoms with Crippen molar-refractivity contribution < 1.29 is 9.47 Å². The number of halogens is 1. The van der Waals surface area contributed by atoms with Gasteiger partial charge in [0.15, 0.2) is 5.82 Å². The fourth-order valence-electron chi connectivity index (χ4n) is 3.89. The lowest BCUT2D eigenvalue weighted by Gasteiger charge is -2.14. The highest BCUT2D eigenvalue weighted by Gasteiger charge is 2.23. The SMILES string of the molecule is COc1ccc(-c2nc(-c3ccccn3)n(-c3ccc(Cl)cc3)c2-c2ccc(OC)cc2)cc1. The summed E-state index contributed by atoms with van der Waals surface area (Å²) in [5.74, 6) is 2.31. The second-order valence-electron chi connectivity index (χ2n) is 7.62. The molecule has 5 nitrogen and oxygen atoms in total. The van der Waals surface area contributed by atoms with E-state index in [1.54, 1.807) is 20.4 Å². The van der Waals surface area contributed by atoms with Crippen LogP contribution in [0.15, 0.2) is 97.2 Å². The molecule has 5 rings (SSSR count). The molecule has 0 bridgehead atoms. The average Bonchev–Trinajstić information content (AvgIpc) is 3.30. The van der Waals surface area contributed by atoms with Crippen molar-refractivity contribution in [3.05, 3.63) is 102 Å². The normalized spacial score (nSPS) is 10.8. The summed E-state index contributed by atoms with van der Waals surface area (Å²) in [5, 5.41) is 0.671. The summed E-state index contributed by atoms with van der Waals surface area (Å²) in [4.78, 5) is 9.72. The first-order valence-corrected chi connectivity index (χ1v) is 11.1. The Balaban J connectivity index is 1.83. The third kappa shape index (κ3) is 4.14. The number of aromatic nitrogens is 3. The van der Waals surface area contributed by atoms with E-state index in [2.05, 4.69) is 9.55 Å². The molecule has 0 atom stereocenters. The Bertz CT molecular complexity index is 1400. The van der Waals surface area contributed by atoms with Gasteiger partial charge in [-0.05, 0) is 84.9 Å². The summed E-state index contributed by atoms with van der Waals surface area (Å²) in [5.41, 5.74) is 5.45. The zero-order chi connectivity index (χ0) is 23.5. The Kier molecular flexibility index (Phi) is 6.02. The molecule has 3 aromatic carbocycles. The first-order valence-electron chi connectivity index (χ1n) is 10.8. The highest BCUT2D eigenvalue weighted by molar-refractivity contribution is 6.30. The van der Waals surface area contributed by atoms with Gasteiger partial charge in [-0.2, -0.15) is 0 Å². The van der Waals surface area contributed by atoms with E-state index in [4.69, 9.17) is 26.1 Å². The summed E-state index contributed by atoms with van der Waals surface area (Å²) >= 11 is 6.21. The molecule has 0 unspecified atom stereocenters. The van der Waals surface area contributed by atoms with E-state index in [-0.39, 0.29) is 0 Å². The van der Waals surface area contributed by atoms with Crippen molar-refractivity contribution in [1.82, 2.24) is 14.5 Å². The van der Waals surface area contributed by atoms with Gasteiger partial charge in [-0.1, -0.05) is 17.7 Å². The predicted octanol–water partition coefficient (Wildman–Crippen LogP) is 6.94. The lowest BCUT2D eigenvalue weighted by molar-refractivity contribution is 0.414. The third-order valence-electron chi connectivity index (χ3n) is 5.58. The number of nitrogens with zero attached hydrogens (tertiary/aromatic N) is 3. The number of benzene rings is 3. The molecule has 2 aromatic heterocycles. The van der Waals surface area contributed by atoms with Gasteiger partial charge in [0, 0.05) is 28.0 Å². The Labute approximate surface area is 203 Å². The minimum Gasteiger partial charge on any atom is -0.497 e. The van der Waals surface area contributed by atoms with Crippen molar-refractivity contribution in [3.8, 4) is 51.2 Å². The minimum absolute atomic E-state index is 0.671. The number of methoxy groups -OCH3 is 2. The number of hydrogen-bond donors (Lipinski definition) is 0. The molecule has 34 heavy (non-hydrogen) atoms. The maximum absolute atomic E-state index is 6.21. The predicted molar refractivity (Wildman–Crippen MR) is 136 cm³/mol. The van der Waals surface area contributed by atoms with Crippen LogP contribution in [0.1, 0.15) is 0 Å². The van der Waals surface area contributed by atoms with Crippen LogP contribution in [-0.4, -0.2) is 28.8 Å². The van der Waals surface area contributed by atoms with Crippen LogP contribution in [0.25, 0.3) is 39.7 Å². The number of rotatable bonds is 6.